The fraction of sp³-hybridized carbons (Fsp3) is 0.385. The van der Waals surface area contributed by atoms with E-state index in [2.05, 4.69) is 62.6 Å². The van der Waals surface area contributed by atoms with Crippen molar-refractivity contribution >= 4 is 26.8 Å². The van der Waals surface area contributed by atoms with Crippen molar-refractivity contribution in [3.63, 3.8) is 0 Å². The van der Waals surface area contributed by atoms with Gasteiger partial charge < -0.3 is 10.3 Å². The first-order valence-electron chi connectivity index (χ1n) is 5.90. The molecule has 1 fully saturated rings. The summed E-state index contributed by atoms with van der Waals surface area (Å²) in [6.45, 7) is 3.23. The number of aromatic nitrogens is 1. The molecule has 0 radical (unpaired) electrons. The molecule has 0 unspecified atom stereocenters. The van der Waals surface area contributed by atoms with E-state index in [1.807, 2.05) is 0 Å². The fourth-order valence-electron chi connectivity index (χ4n) is 2.26. The largest absolute Gasteiger partial charge is 0.361 e. The highest BCUT2D eigenvalue weighted by Crippen LogP contribution is 2.24. The van der Waals surface area contributed by atoms with Gasteiger partial charge in [-0.3, -0.25) is 4.90 Å². The summed E-state index contributed by atoms with van der Waals surface area (Å²) in [5, 5.41) is 4.63. The Labute approximate surface area is 109 Å². The lowest BCUT2D eigenvalue weighted by Gasteiger charge is -2.35. The van der Waals surface area contributed by atoms with Crippen molar-refractivity contribution in [1.29, 1.82) is 0 Å². The molecule has 90 valence electrons. The van der Waals surface area contributed by atoms with Crippen LogP contribution in [0.3, 0.4) is 0 Å². The highest BCUT2D eigenvalue weighted by atomic mass is 79.9. The van der Waals surface area contributed by atoms with Gasteiger partial charge in [0, 0.05) is 47.2 Å². The minimum Gasteiger partial charge on any atom is -0.361 e. The second-order valence-corrected chi connectivity index (χ2v) is 5.65. The first-order valence-corrected chi connectivity index (χ1v) is 6.70. The van der Waals surface area contributed by atoms with Crippen molar-refractivity contribution in [1.82, 2.24) is 15.2 Å². The summed E-state index contributed by atoms with van der Waals surface area (Å²) in [4.78, 5) is 5.75. The van der Waals surface area contributed by atoms with Crippen LogP contribution >= 0.6 is 15.9 Å². The smallest absolute Gasteiger partial charge is 0.0458 e. The molecule has 1 aliphatic rings. The minimum absolute atomic E-state index is 0.687. The number of rotatable bonds is 3. The molecule has 17 heavy (non-hydrogen) atoms. The maximum Gasteiger partial charge on any atom is 0.0458 e. The van der Waals surface area contributed by atoms with Gasteiger partial charge in [-0.05, 0) is 30.8 Å². The van der Waals surface area contributed by atoms with Gasteiger partial charge in [-0.25, -0.2) is 0 Å². The van der Waals surface area contributed by atoms with Crippen LogP contribution in [0, 0.1) is 0 Å². The van der Waals surface area contributed by atoms with Gasteiger partial charge in [0.05, 0.1) is 0 Å². The number of benzene rings is 1. The van der Waals surface area contributed by atoms with Crippen molar-refractivity contribution in [2.45, 2.75) is 12.6 Å². The Balaban J connectivity index is 1.86. The van der Waals surface area contributed by atoms with Crippen molar-refractivity contribution in [3.05, 3.63) is 34.4 Å². The minimum atomic E-state index is 0.687. The molecule has 3 nitrogen and oxygen atoms in total. The summed E-state index contributed by atoms with van der Waals surface area (Å²) in [5.41, 5.74) is 2.58. The monoisotopic (exact) mass is 293 g/mol. The van der Waals surface area contributed by atoms with E-state index in [1.165, 1.54) is 16.5 Å². The molecule has 2 N–H and O–H groups in total. The molecule has 0 bridgehead atoms. The number of H-pyrrole nitrogens is 1. The van der Waals surface area contributed by atoms with E-state index in [0.29, 0.717) is 6.04 Å². The lowest BCUT2D eigenvalue weighted by atomic mass is 10.1. The van der Waals surface area contributed by atoms with Crippen LogP contribution in [0.1, 0.15) is 5.56 Å². The Morgan fingerprint density at radius 2 is 2.24 bits per heavy atom. The van der Waals surface area contributed by atoms with Crippen LogP contribution in [0.2, 0.25) is 0 Å². The van der Waals surface area contributed by atoms with E-state index in [9.17, 15) is 0 Å². The second kappa shape index (κ2) is 4.44. The van der Waals surface area contributed by atoms with Crippen LogP contribution in [0.15, 0.2) is 28.9 Å². The third-order valence-electron chi connectivity index (χ3n) is 3.53. The zero-order chi connectivity index (χ0) is 11.8. The Morgan fingerprint density at radius 1 is 1.41 bits per heavy atom. The number of nitrogens with one attached hydrogen (secondary N) is 2. The van der Waals surface area contributed by atoms with Crippen LogP contribution in [-0.2, 0) is 6.54 Å². The summed E-state index contributed by atoms with van der Waals surface area (Å²) in [5.74, 6) is 0. The highest BCUT2D eigenvalue weighted by molar-refractivity contribution is 9.10. The van der Waals surface area contributed by atoms with Crippen molar-refractivity contribution < 1.29 is 0 Å². The number of aromatic amines is 1. The van der Waals surface area contributed by atoms with Gasteiger partial charge >= 0.3 is 0 Å². The molecule has 2 heterocycles. The molecule has 0 spiro atoms. The molecular weight excluding hydrogens is 278 g/mol. The number of fused-ring (bicyclic) bond motifs is 1. The second-order valence-electron chi connectivity index (χ2n) is 4.73. The molecule has 1 aromatic heterocycles. The molecule has 0 aliphatic carbocycles. The summed E-state index contributed by atoms with van der Waals surface area (Å²) in [6.07, 6.45) is 2.12. The molecule has 1 aliphatic heterocycles. The molecular formula is C13H16BrN3. The SMILES string of the molecule is CN(Cc1c[nH]c2ccc(Br)cc12)C1CNC1. The van der Waals surface area contributed by atoms with Gasteiger partial charge in [-0.2, -0.15) is 0 Å². The Morgan fingerprint density at radius 3 is 2.94 bits per heavy atom. The number of hydrogen-bond acceptors (Lipinski definition) is 2. The van der Waals surface area contributed by atoms with Crippen LogP contribution in [0.5, 0.6) is 0 Å². The van der Waals surface area contributed by atoms with Crippen LogP contribution < -0.4 is 5.32 Å². The standard InChI is InChI=1S/C13H16BrN3/c1-17(11-6-15-7-11)8-9-5-16-13-3-2-10(14)4-12(9)13/h2-5,11,15-16H,6-8H2,1H3. The van der Waals surface area contributed by atoms with E-state index in [1.54, 1.807) is 0 Å². The van der Waals surface area contributed by atoms with Gasteiger partial charge in [-0.15, -0.1) is 0 Å². The lowest BCUT2D eigenvalue weighted by molar-refractivity contribution is 0.173. The van der Waals surface area contributed by atoms with E-state index in [-0.39, 0.29) is 0 Å². The van der Waals surface area contributed by atoms with Gasteiger partial charge in [0.25, 0.3) is 0 Å². The maximum atomic E-state index is 3.53. The zero-order valence-corrected chi connectivity index (χ0v) is 11.4. The van der Waals surface area contributed by atoms with E-state index in [0.717, 1.165) is 24.1 Å². The molecule has 0 saturated carbocycles. The van der Waals surface area contributed by atoms with E-state index >= 15 is 0 Å². The van der Waals surface area contributed by atoms with Crippen LogP contribution in [0.4, 0.5) is 0 Å². The van der Waals surface area contributed by atoms with Crippen molar-refractivity contribution in [3.8, 4) is 0 Å². The lowest BCUT2D eigenvalue weighted by Crippen LogP contribution is -2.55. The number of nitrogens with zero attached hydrogens (tertiary/aromatic N) is 1. The van der Waals surface area contributed by atoms with Gasteiger partial charge in [0.15, 0.2) is 0 Å². The van der Waals surface area contributed by atoms with Crippen LogP contribution in [0.25, 0.3) is 10.9 Å². The molecule has 0 atom stereocenters. The fourth-order valence-corrected chi connectivity index (χ4v) is 2.63. The third-order valence-corrected chi connectivity index (χ3v) is 4.03. The first-order chi connectivity index (χ1) is 8.24. The predicted octanol–water partition coefficient (Wildman–Crippen LogP) is 2.33. The molecule has 2 aromatic rings. The number of likely N-dealkylation sites (N-methyl/N-ethyl adjacent to an activating group) is 1. The summed E-state index contributed by atoms with van der Waals surface area (Å²) in [6, 6.07) is 7.07. The topological polar surface area (TPSA) is 31.1 Å². The zero-order valence-electron chi connectivity index (χ0n) is 9.83. The van der Waals surface area contributed by atoms with Crippen molar-refractivity contribution in [2.75, 3.05) is 20.1 Å². The summed E-state index contributed by atoms with van der Waals surface area (Å²) < 4.78 is 1.14. The summed E-state index contributed by atoms with van der Waals surface area (Å²) in [7, 11) is 2.20. The average molecular weight is 294 g/mol. The molecule has 4 heteroatoms. The predicted molar refractivity (Wildman–Crippen MR) is 74.1 cm³/mol. The summed E-state index contributed by atoms with van der Waals surface area (Å²) >= 11 is 3.53. The van der Waals surface area contributed by atoms with Gasteiger partial charge in [0.1, 0.15) is 0 Å². The number of hydrogen-bond donors (Lipinski definition) is 2. The highest BCUT2D eigenvalue weighted by Gasteiger charge is 2.21. The first kappa shape index (κ1) is 11.3. The third kappa shape index (κ3) is 2.12. The average Bonchev–Trinajstić information content (AvgIpc) is 2.58. The molecule has 1 aromatic carbocycles. The van der Waals surface area contributed by atoms with Crippen LogP contribution in [-0.4, -0.2) is 36.1 Å². The van der Waals surface area contributed by atoms with Crippen molar-refractivity contribution in [2.24, 2.45) is 0 Å². The van der Waals surface area contributed by atoms with Gasteiger partial charge in [-0.1, -0.05) is 15.9 Å². The maximum absolute atomic E-state index is 3.53. The Kier molecular flexibility index (Phi) is 2.94. The van der Waals surface area contributed by atoms with E-state index < -0.39 is 0 Å². The van der Waals surface area contributed by atoms with Gasteiger partial charge in [0.2, 0.25) is 0 Å². The van der Waals surface area contributed by atoms with E-state index in [4.69, 9.17) is 0 Å². The molecule has 3 rings (SSSR count). The normalized spacial score (nSPS) is 16.6. The number of halogens is 1. The quantitative estimate of drug-likeness (QED) is 0.910. The Hall–Kier alpha value is -0.840. The Bertz CT molecular complexity index is 530. The molecule has 1 saturated heterocycles. The molecule has 0 amide bonds.